The van der Waals surface area contributed by atoms with Crippen LogP contribution in [0.25, 0.3) is 6.08 Å². The number of carbonyl (C=O) groups excluding carboxylic acids is 1. The predicted molar refractivity (Wildman–Crippen MR) is 100 cm³/mol. The first-order valence-corrected chi connectivity index (χ1v) is 8.47. The van der Waals surface area contributed by atoms with Crippen LogP contribution >= 0.6 is 22.6 Å². The van der Waals surface area contributed by atoms with Gasteiger partial charge in [0.25, 0.3) is 0 Å². The van der Waals surface area contributed by atoms with E-state index in [9.17, 15) is 4.79 Å². The van der Waals surface area contributed by atoms with Crippen LogP contribution in [-0.4, -0.2) is 15.5 Å². The fraction of sp³-hybridized carbons (Fsp3) is 0.111. The molecule has 0 fully saturated rings. The van der Waals surface area contributed by atoms with E-state index in [2.05, 4.69) is 32.9 Å². The summed E-state index contributed by atoms with van der Waals surface area (Å²) in [6, 6.07) is 13.1. The van der Waals surface area contributed by atoms with Crippen LogP contribution in [0.1, 0.15) is 23.2 Å². The maximum absolute atomic E-state index is 12.3. The van der Waals surface area contributed by atoms with Crippen LogP contribution < -0.4 is 5.32 Å². The topological polar surface area (TPSA) is 60.1 Å². The van der Waals surface area contributed by atoms with Crippen LogP contribution in [0.2, 0.25) is 0 Å². The lowest BCUT2D eigenvalue weighted by Gasteiger charge is -2.18. The number of hydrogen-bond acceptors (Lipinski definition) is 3. The number of hydrogen-bond donors (Lipinski definition) is 1. The molecule has 0 spiro atoms. The summed E-state index contributed by atoms with van der Waals surface area (Å²) in [6.07, 6.45) is 6.70. The number of furan rings is 1. The van der Waals surface area contributed by atoms with E-state index in [0.29, 0.717) is 5.76 Å². The van der Waals surface area contributed by atoms with Gasteiger partial charge in [0.15, 0.2) is 3.77 Å². The number of nitrogens with zero attached hydrogens (tertiary/aromatic N) is 2. The Bertz CT molecular complexity index is 852. The van der Waals surface area contributed by atoms with Crippen LogP contribution in [0.15, 0.2) is 65.4 Å². The van der Waals surface area contributed by atoms with Crippen molar-refractivity contribution in [3.05, 3.63) is 81.8 Å². The summed E-state index contributed by atoms with van der Waals surface area (Å²) >= 11 is 2.08. The molecule has 3 rings (SSSR count). The van der Waals surface area contributed by atoms with Gasteiger partial charge in [0.2, 0.25) is 5.91 Å². The van der Waals surface area contributed by atoms with Crippen LogP contribution in [0.3, 0.4) is 0 Å². The van der Waals surface area contributed by atoms with E-state index in [0.717, 1.165) is 15.2 Å². The quantitative estimate of drug-likeness (QED) is 0.495. The zero-order valence-corrected chi connectivity index (χ0v) is 15.2. The minimum atomic E-state index is -0.319. The molecule has 1 aromatic carbocycles. The second-order valence-electron chi connectivity index (χ2n) is 5.22. The molecule has 0 aliphatic heterocycles. The van der Waals surface area contributed by atoms with E-state index in [1.165, 1.54) is 6.08 Å². The van der Waals surface area contributed by atoms with Crippen molar-refractivity contribution in [2.24, 2.45) is 7.05 Å². The lowest BCUT2D eigenvalue weighted by Crippen LogP contribution is -2.29. The van der Waals surface area contributed by atoms with Crippen LogP contribution in [-0.2, 0) is 11.8 Å². The highest BCUT2D eigenvalue weighted by atomic mass is 127. The maximum atomic E-state index is 12.3. The predicted octanol–water partition coefficient (Wildman–Crippen LogP) is 3.54. The molecule has 2 aromatic heterocycles. The van der Waals surface area contributed by atoms with Gasteiger partial charge in [0.05, 0.1) is 0 Å². The number of amides is 1. The van der Waals surface area contributed by atoms with Gasteiger partial charge in [-0.1, -0.05) is 30.3 Å². The van der Waals surface area contributed by atoms with Crippen LogP contribution in [0.4, 0.5) is 0 Å². The lowest BCUT2D eigenvalue weighted by molar-refractivity contribution is -0.117. The van der Waals surface area contributed by atoms with Crippen molar-refractivity contribution in [3.8, 4) is 0 Å². The summed E-state index contributed by atoms with van der Waals surface area (Å²) < 4.78 is 8.10. The number of nitrogens with one attached hydrogen (secondary N) is 1. The molecule has 6 heteroatoms. The van der Waals surface area contributed by atoms with Crippen molar-refractivity contribution in [1.29, 1.82) is 0 Å². The second kappa shape index (κ2) is 7.48. The molecule has 122 valence electrons. The Kier molecular flexibility index (Phi) is 5.14. The third-order valence-electron chi connectivity index (χ3n) is 3.53. The van der Waals surface area contributed by atoms with Crippen molar-refractivity contribution >= 4 is 34.6 Å². The molecule has 0 radical (unpaired) electrons. The third kappa shape index (κ3) is 3.94. The van der Waals surface area contributed by atoms with Crippen LogP contribution in [0.5, 0.6) is 0 Å². The van der Waals surface area contributed by atoms with Crippen LogP contribution in [0, 0.1) is 3.77 Å². The molecule has 1 unspecified atom stereocenters. The Hall–Kier alpha value is -2.35. The molecule has 0 saturated heterocycles. The van der Waals surface area contributed by atoms with Gasteiger partial charge in [-0.2, -0.15) is 0 Å². The van der Waals surface area contributed by atoms with E-state index in [1.807, 2.05) is 60.3 Å². The largest absolute Gasteiger partial charge is 0.451 e. The first-order valence-electron chi connectivity index (χ1n) is 7.39. The normalized spacial score (nSPS) is 12.4. The molecule has 0 saturated carbocycles. The molecule has 3 aromatic rings. The Morgan fingerprint density at radius 1 is 1.29 bits per heavy atom. The molecule has 5 nitrogen and oxygen atoms in total. The molecule has 0 bridgehead atoms. The summed E-state index contributed by atoms with van der Waals surface area (Å²) in [5.41, 5.74) is 0.973. The first-order chi connectivity index (χ1) is 11.6. The number of imidazole rings is 1. The minimum absolute atomic E-state index is 0.210. The molecule has 24 heavy (non-hydrogen) atoms. The second-order valence-corrected chi connectivity index (χ2v) is 6.29. The highest BCUT2D eigenvalue weighted by Gasteiger charge is 2.19. The van der Waals surface area contributed by atoms with Crippen molar-refractivity contribution in [1.82, 2.24) is 14.9 Å². The molecule has 1 amide bonds. The number of aromatic nitrogens is 2. The Labute approximate surface area is 153 Å². The summed E-state index contributed by atoms with van der Waals surface area (Å²) in [5, 5.41) is 3.00. The van der Waals surface area contributed by atoms with Gasteiger partial charge in [0, 0.05) is 25.5 Å². The number of carbonyl (C=O) groups is 1. The molecular formula is C18H16IN3O2. The van der Waals surface area contributed by atoms with E-state index >= 15 is 0 Å². The van der Waals surface area contributed by atoms with Gasteiger partial charge < -0.3 is 14.3 Å². The monoisotopic (exact) mass is 433 g/mol. The summed E-state index contributed by atoms with van der Waals surface area (Å²) in [6.45, 7) is 0. The van der Waals surface area contributed by atoms with Gasteiger partial charge in [-0.15, -0.1) is 0 Å². The summed E-state index contributed by atoms with van der Waals surface area (Å²) in [5.74, 6) is 1.21. The molecule has 0 aliphatic rings. The van der Waals surface area contributed by atoms with Crippen molar-refractivity contribution in [2.45, 2.75) is 6.04 Å². The summed E-state index contributed by atoms with van der Waals surface area (Å²) in [7, 11) is 1.91. The number of benzene rings is 1. The van der Waals surface area contributed by atoms with E-state index in [1.54, 1.807) is 12.3 Å². The molecule has 0 aliphatic carbocycles. The van der Waals surface area contributed by atoms with E-state index in [-0.39, 0.29) is 11.9 Å². The Morgan fingerprint density at radius 2 is 2.08 bits per heavy atom. The van der Waals surface area contributed by atoms with Crippen molar-refractivity contribution in [2.75, 3.05) is 0 Å². The van der Waals surface area contributed by atoms with Gasteiger partial charge >= 0.3 is 0 Å². The molecule has 1 N–H and O–H groups in total. The lowest BCUT2D eigenvalue weighted by atomic mass is 10.1. The highest BCUT2D eigenvalue weighted by molar-refractivity contribution is 14.1. The summed E-state index contributed by atoms with van der Waals surface area (Å²) in [4.78, 5) is 16.7. The Balaban J connectivity index is 1.80. The maximum Gasteiger partial charge on any atom is 0.244 e. The van der Waals surface area contributed by atoms with Gasteiger partial charge in [-0.25, -0.2) is 4.98 Å². The van der Waals surface area contributed by atoms with Crippen molar-refractivity contribution in [3.63, 3.8) is 0 Å². The molecule has 1 atom stereocenters. The third-order valence-corrected chi connectivity index (χ3v) is 4.11. The average Bonchev–Trinajstić information content (AvgIpc) is 3.20. The SMILES string of the molecule is Cn1ccnc1C(NC(=O)/C=C/c1ccc(I)o1)c1ccccc1. The zero-order chi connectivity index (χ0) is 16.9. The van der Waals surface area contributed by atoms with Crippen molar-refractivity contribution < 1.29 is 9.21 Å². The average molecular weight is 433 g/mol. The number of halogens is 1. The fourth-order valence-electron chi connectivity index (χ4n) is 2.36. The highest BCUT2D eigenvalue weighted by Crippen LogP contribution is 2.20. The van der Waals surface area contributed by atoms with Gasteiger partial charge in [0.1, 0.15) is 17.6 Å². The van der Waals surface area contributed by atoms with Gasteiger partial charge in [-0.3, -0.25) is 4.79 Å². The minimum Gasteiger partial charge on any atom is -0.451 e. The first kappa shape index (κ1) is 16.5. The smallest absolute Gasteiger partial charge is 0.244 e. The zero-order valence-electron chi connectivity index (χ0n) is 13.0. The fourth-order valence-corrected chi connectivity index (χ4v) is 2.80. The molecular weight excluding hydrogens is 417 g/mol. The van der Waals surface area contributed by atoms with E-state index < -0.39 is 0 Å². The standard InChI is InChI=1S/C18H16IN3O2/c1-22-12-11-20-18(22)17(13-5-3-2-4-6-13)21-16(23)10-8-14-7-9-15(19)24-14/h2-12,17H,1H3,(H,21,23)/b10-8+. The van der Waals surface area contributed by atoms with E-state index in [4.69, 9.17) is 4.42 Å². The number of aryl methyl sites for hydroxylation is 1. The Morgan fingerprint density at radius 3 is 2.71 bits per heavy atom. The van der Waals surface area contributed by atoms with Gasteiger partial charge in [-0.05, 0) is 46.4 Å². The number of rotatable bonds is 5. The molecule has 2 heterocycles.